The molecule has 0 saturated heterocycles. The number of nitrogens with zero attached hydrogens (tertiary/aromatic N) is 1. The minimum absolute atomic E-state index is 0.261. The molecule has 136 valence electrons. The predicted molar refractivity (Wildman–Crippen MR) is 104 cm³/mol. The third-order valence-electron chi connectivity index (χ3n) is 3.88. The number of hydrogen-bond acceptors (Lipinski definition) is 5. The topological polar surface area (TPSA) is 80.3 Å². The maximum Gasteiger partial charge on any atom is 0.339 e. The van der Waals surface area contributed by atoms with Gasteiger partial charge in [-0.25, -0.2) is 4.79 Å². The molecule has 6 heteroatoms. The summed E-state index contributed by atoms with van der Waals surface area (Å²) in [7, 11) is 1.33. The number of carbonyl (C=O) groups is 2. The van der Waals surface area contributed by atoms with Gasteiger partial charge in [-0.05, 0) is 48.9 Å². The third-order valence-corrected chi connectivity index (χ3v) is 3.88. The van der Waals surface area contributed by atoms with E-state index in [0.29, 0.717) is 22.6 Å². The zero-order valence-electron chi connectivity index (χ0n) is 15.0. The largest absolute Gasteiger partial charge is 0.465 e. The van der Waals surface area contributed by atoms with Crippen molar-refractivity contribution in [1.82, 2.24) is 4.98 Å². The van der Waals surface area contributed by atoms with E-state index in [1.54, 1.807) is 36.4 Å². The van der Waals surface area contributed by atoms with Crippen LogP contribution in [0.15, 0.2) is 66.9 Å². The number of pyridine rings is 1. The highest BCUT2D eigenvalue weighted by Crippen LogP contribution is 2.22. The number of esters is 1. The van der Waals surface area contributed by atoms with Crippen molar-refractivity contribution in [3.8, 4) is 0 Å². The highest BCUT2D eigenvalue weighted by atomic mass is 16.5. The molecule has 0 spiro atoms. The molecule has 1 amide bonds. The number of aryl methyl sites for hydroxylation is 1. The van der Waals surface area contributed by atoms with Crippen molar-refractivity contribution < 1.29 is 14.3 Å². The first-order chi connectivity index (χ1) is 13.1. The molecular formula is C21H19N3O3. The Morgan fingerprint density at radius 3 is 2.56 bits per heavy atom. The summed E-state index contributed by atoms with van der Waals surface area (Å²) in [6.07, 6.45) is 1.54. The Labute approximate surface area is 157 Å². The predicted octanol–water partition coefficient (Wildman–Crippen LogP) is 4.17. The number of carbonyl (C=O) groups excluding carboxylic acids is 2. The smallest absolute Gasteiger partial charge is 0.339 e. The zero-order chi connectivity index (χ0) is 19.2. The van der Waals surface area contributed by atoms with Crippen LogP contribution in [-0.2, 0) is 4.74 Å². The Bertz CT molecular complexity index is 986. The Hall–Kier alpha value is -3.67. The summed E-state index contributed by atoms with van der Waals surface area (Å²) in [6.45, 7) is 1.96. The summed E-state index contributed by atoms with van der Waals surface area (Å²) in [5.74, 6) is -0.755. The Morgan fingerprint density at radius 1 is 0.963 bits per heavy atom. The van der Waals surface area contributed by atoms with Crippen LogP contribution in [0.5, 0.6) is 0 Å². The number of amides is 1. The molecule has 0 radical (unpaired) electrons. The van der Waals surface area contributed by atoms with Gasteiger partial charge in [0, 0.05) is 17.6 Å². The number of ether oxygens (including phenoxy) is 1. The number of aromatic nitrogens is 1. The minimum Gasteiger partial charge on any atom is -0.465 e. The highest BCUT2D eigenvalue weighted by Gasteiger charge is 2.13. The van der Waals surface area contributed by atoms with Crippen LogP contribution >= 0.6 is 0 Å². The summed E-state index contributed by atoms with van der Waals surface area (Å²) in [6, 6.07) is 17.9. The maximum atomic E-state index is 12.5. The fraction of sp³-hybridized carbons (Fsp3) is 0.0952. The van der Waals surface area contributed by atoms with Crippen molar-refractivity contribution in [3.05, 3.63) is 83.7 Å². The van der Waals surface area contributed by atoms with Gasteiger partial charge in [0.2, 0.25) is 0 Å². The van der Waals surface area contributed by atoms with Gasteiger partial charge in [-0.15, -0.1) is 0 Å². The molecule has 0 atom stereocenters. The highest BCUT2D eigenvalue weighted by molar-refractivity contribution is 6.03. The quantitative estimate of drug-likeness (QED) is 0.667. The van der Waals surface area contributed by atoms with Crippen LogP contribution in [0.2, 0.25) is 0 Å². The van der Waals surface area contributed by atoms with Gasteiger partial charge in [0.1, 0.15) is 5.69 Å². The molecule has 0 fully saturated rings. The van der Waals surface area contributed by atoms with E-state index in [9.17, 15) is 9.59 Å². The lowest BCUT2D eigenvalue weighted by molar-refractivity contribution is 0.0601. The Kier molecular flexibility index (Phi) is 5.47. The second-order valence-corrected chi connectivity index (χ2v) is 5.92. The summed E-state index contributed by atoms with van der Waals surface area (Å²) in [4.78, 5) is 28.5. The average molecular weight is 361 g/mol. The molecule has 0 aliphatic rings. The van der Waals surface area contributed by atoms with Crippen LogP contribution in [0.25, 0.3) is 0 Å². The van der Waals surface area contributed by atoms with Gasteiger partial charge in [-0.3, -0.25) is 9.78 Å². The molecule has 2 aromatic carbocycles. The fourth-order valence-corrected chi connectivity index (χ4v) is 2.59. The number of rotatable bonds is 5. The molecule has 3 rings (SSSR count). The van der Waals surface area contributed by atoms with E-state index in [2.05, 4.69) is 15.6 Å². The molecule has 1 heterocycles. The van der Waals surface area contributed by atoms with Gasteiger partial charge in [0.15, 0.2) is 0 Å². The van der Waals surface area contributed by atoms with Crippen molar-refractivity contribution in [2.75, 3.05) is 17.7 Å². The number of methoxy groups -OCH3 is 1. The SMILES string of the molecule is COC(=O)c1ccccc1Nc1ccnc(C(=O)Nc2cccc(C)c2)c1. The van der Waals surface area contributed by atoms with E-state index in [4.69, 9.17) is 4.74 Å². The van der Waals surface area contributed by atoms with E-state index in [-0.39, 0.29) is 11.6 Å². The molecule has 3 aromatic rings. The van der Waals surface area contributed by atoms with E-state index >= 15 is 0 Å². The molecule has 0 aliphatic heterocycles. The monoisotopic (exact) mass is 361 g/mol. The van der Waals surface area contributed by atoms with Crippen LogP contribution in [-0.4, -0.2) is 24.0 Å². The second kappa shape index (κ2) is 8.14. The van der Waals surface area contributed by atoms with Gasteiger partial charge >= 0.3 is 5.97 Å². The van der Waals surface area contributed by atoms with Crippen molar-refractivity contribution in [3.63, 3.8) is 0 Å². The van der Waals surface area contributed by atoms with E-state index in [1.165, 1.54) is 13.3 Å². The molecule has 1 aromatic heterocycles. The Morgan fingerprint density at radius 2 is 1.78 bits per heavy atom. The number of hydrogen-bond donors (Lipinski definition) is 2. The van der Waals surface area contributed by atoms with Crippen molar-refractivity contribution in [2.45, 2.75) is 6.92 Å². The number of benzene rings is 2. The summed E-state index contributed by atoms with van der Waals surface area (Å²) in [5, 5.41) is 5.96. The lowest BCUT2D eigenvalue weighted by Gasteiger charge is -2.11. The standard InChI is InChI=1S/C21H19N3O3/c1-14-6-5-7-15(12-14)24-20(25)19-13-16(10-11-22-19)23-18-9-4-3-8-17(18)21(26)27-2/h3-13H,1-2H3,(H,22,23)(H,24,25). The van der Waals surface area contributed by atoms with Crippen LogP contribution < -0.4 is 10.6 Å². The van der Waals surface area contributed by atoms with Crippen molar-refractivity contribution in [1.29, 1.82) is 0 Å². The molecular weight excluding hydrogens is 342 g/mol. The molecule has 0 aliphatic carbocycles. The van der Waals surface area contributed by atoms with Gasteiger partial charge in [-0.1, -0.05) is 24.3 Å². The van der Waals surface area contributed by atoms with Crippen LogP contribution in [0.4, 0.5) is 17.1 Å². The third kappa shape index (κ3) is 4.49. The first-order valence-corrected chi connectivity index (χ1v) is 8.35. The molecule has 0 saturated carbocycles. The second-order valence-electron chi connectivity index (χ2n) is 5.92. The average Bonchev–Trinajstić information content (AvgIpc) is 2.68. The van der Waals surface area contributed by atoms with Crippen molar-refractivity contribution >= 4 is 28.9 Å². The number of para-hydroxylation sites is 1. The summed E-state index contributed by atoms with van der Waals surface area (Å²) >= 11 is 0. The zero-order valence-corrected chi connectivity index (χ0v) is 15.0. The lowest BCUT2D eigenvalue weighted by Crippen LogP contribution is -2.14. The van der Waals surface area contributed by atoms with E-state index in [0.717, 1.165) is 5.56 Å². The molecule has 0 bridgehead atoms. The van der Waals surface area contributed by atoms with Crippen LogP contribution in [0, 0.1) is 6.92 Å². The van der Waals surface area contributed by atoms with Crippen LogP contribution in [0.1, 0.15) is 26.4 Å². The van der Waals surface area contributed by atoms with Gasteiger partial charge in [0.25, 0.3) is 5.91 Å². The normalized spacial score (nSPS) is 10.1. The van der Waals surface area contributed by atoms with Gasteiger partial charge in [0.05, 0.1) is 18.4 Å². The van der Waals surface area contributed by atoms with Gasteiger partial charge in [-0.2, -0.15) is 0 Å². The molecule has 27 heavy (non-hydrogen) atoms. The number of anilines is 3. The summed E-state index contributed by atoms with van der Waals surface area (Å²) < 4.78 is 4.80. The van der Waals surface area contributed by atoms with Crippen LogP contribution in [0.3, 0.4) is 0 Å². The molecule has 0 unspecified atom stereocenters. The fourth-order valence-electron chi connectivity index (χ4n) is 2.59. The first-order valence-electron chi connectivity index (χ1n) is 8.35. The lowest BCUT2D eigenvalue weighted by atomic mass is 10.1. The summed E-state index contributed by atoms with van der Waals surface area (Å²) in [5.41, 5.74) is 3.64. The Balaban J connectivity index is 1.80. The van der Waals surface area contributed by atoms with Gasteiger partial charge < -0.3 is 15.4 Å². The van der Waals surface area contributed by atoms with E-state index < -0.39 is 5.97 Å². The first kappa shape index (κ1) is 18.1. The van der Waals surface area contributed by atoms with Crippen molar-refractivity contribution in [2.24, 2.45) is 0 Å². The molecule has 6 nitrogen and oxygen atoms in total. The number of nitrogens with one attached hydrogen (secondary N) is 2. The maximum absolute atomic E-state index is 12.5. The van der Waals surface area contributed by atoms with E-state index in [1.807, 2.05) is 31.2 Å². The minimum atomic E-state index is -0.440. The molecule has 2 N–H and O–H groups in total.